The molecule has 0 fully saturated rings. The Hall–Kier alpha value is -0.870. The van der Waals surface area contributed by atoms with Crippen molar-refractivity contribution in [1.29, 1.82) is 0 Å². The van der Waals surface area contributed by atoms with Crippen LogP contribution < -0.4 is 0 Å². The van der Waals surface area contributed by atoms with Gasteiger partial charge in [0.15, 0.2) is 0 Å². The summed E-state index contributed by atoms with van der Waals surface area (Å²) in [6.45, 7) is 1.73. The fourth-order valence-corrected chi connectivity index (χ4v) is 1.29. The van der Waals surface area contributed by atoms with E-state index in [0.29, 0.717) is 6.42 Å². The van der Waals surface area contributed by atoms with Crippen LogP contribution in [0.3, 0.4) is 0 Å². The molecule has 72 valence electrons. The summed E-state index contributed by atoms with van der Waals surface area (Å²) in [6, 6.07) is 0. The number of aryl methyl sites for hydroxylation is 1. The van der Waals surface area contributed by atoms with E-state index in [1.54, 1.807) is 14.0 Å². The number of halogens is 1. The molecule has 0 bridgehead atoms. The van der Waals surface area contributed by atoms with E-state index in [-0.39, 0.29) is 16.5 Å². The first kappa shape index (κ1) is 10.2. The van der Waals surface area contributed by atoms with E-state index in [2.05, 4.69) is 5.10 Å². The van der Waals surface area contributed by atoms with Gasteiger partial charge in [-0.25, -0.2) is 0 Å². The van der Waals surface area contributed by atoms with Crippen molar-refractivity contribution in [2.24, 2.45) is 7.05 Å². The Labute approximate surface area is 81.1 Å². The maximum Gasteiger partial charge on any atom is 0.210 e. The van der Waals surface area contributed by atoms with Gasteiger partial charge in [0.05, 0.1) is 11.2 Å². The Kier molecular flexibility index (Phi) is 3.06. The summed E-state index contributed by atoms with van der Waals surface area (Å²) >= 11 is 5.73. The molecule has 5 heteroatoms. The molecule has 4 nitrogen and oxygen atoms in total. The molecule has 1 unspecified atom stereocenters. The molecule has 0 aliphatic carbocycles. The second kappa shape index (κ2) is 3.89. The lowest BCUT2D eigenvalue weighted by atomic mass is 10.1. The molecule has 1 heterocycles. The summed E-state index contributed by atoms with van der Waals surface area (Å²) < 4.78 is 1.36. The largest absolute Gasteiger partial charge is 0.385 e. The van der Waals surface area contributed by atoms with Crippen molar-refractivity contribution in [2.75, 3.05) is 0 Å². The number of Topliss-reactive ketones (excluding diaryl/α,β-unsaturated/α-hetero) is 1. The van der Waals surface area contributed by atoms with E-state index in [4.69, 9.17) is 11.6 Å². The smallest absolute Gasteiger partial charge is 0.210 e. The maximum atomic E-state index is 11.5. The standard InChI is InChI=1S/C8H11ClN2O2/c1-3-6(12)8(13)7-5(9)4-10-11(7)2/h4,6,12H,3H2,1-2H3. The van der Waals surface area contributed by atoms with Crippen LogP contribution in [0, 0.1) is 0 Å². The molecule has 0 aliphatic heterocycles. The third-order valence-corrected chi connectivity index (χ3v) is 2.09. The number of carbonyl (C=O) groups is 1. The van der Waals surface area contributed by atoms with E-state index in [1.165, 1.54) is 10.9 Å². The normalized spacial score (nSPS) is 12.9. The number of carbonyl (C=O) groups excluding carboxylic acids is 1. The first-order valence-corrected chi connectivity index (χ1v) is 4.35. The Morgan fingerprint density at radius 1 is 1.85 bits per heavy atom. The van der Waals surface area contributed by atoms with Crippen molar-refractivity contribution >= 4 is 17.4 Å². The van der Waals surface area contributed by atoms with Gasteiger partial charge in [0.2, 0.25) is 5.78 Å². The Morgan fingerprint density at radius 3 is 2.85 bits per heavy atom. The van der Waals surface area contributed by atoms with E-state index in [0.717, 1.165) is 0 Å². The van der Waals surface area contributed by atoms with Gasteiger partial charge < -0.3 is 5.11 Å². The van der Waals surface area contributed by atoms with E-state index < -0.39 is 6.10 Å². The van der Waals surface area contributed by atoms with Gasteiger partial charge in [-0.2, -0.15) is 5.10 Å². The van der Waals surface area contributed by atoms with Crippen LogP contribution in [0.25, 0.3) is 0 Å². The predicted octanol–water partition coefficient (Wildman–Crippen LogP) is 1.03. The van der Waals surface area contributed by atoms with Gasteiger partial charge in [0.25, 0.3) is 0 Å². The van der Waals surface area contributed by atoms with Crippen molar-refractivity contribution in [3.8, 4) is 0 Å². The Bertz CT molecular complexity index is 302. The van der Waals surface area contributed by atoms with Crippen molar-refractivity contribution in [1.82, 2.24) is 9.78 Å². The van der Waals surface area contributed by atoms with E-state index in [1.807, 2.05) is 0 Å². The fourth-order valence-electron chi connectivity index (χ4n) is 1.03. The monoisotopic (exact) mass is 202 g/mol. The molecule has 0 aromatic carbocycles. The highest BCUT2D eigenvalue weighted by Crippen LogP contribution is 2.16. The van der Waals surface area contributed by atoms with Crippen LogP contribution in [0.1, 0.15) is 23.8 Å². The van der Waals surface area contributed by atoms with E-state index >= 15 is 0 Å². The van der Waals surface area contributed by atoms with Crippen molar-refractivity contribution in [3.05, 3.63) is 16.9 Å². The Balaban J connectivity index is 3.01. The molecule has 1 N–H and O–H groups in total. The first-order valence-electron chi connectivity index (χ1n) is 3.97. The van der Waals surface area contributed by atoms with Gasteiger partial charge >= 0.3 is 0 Å². The molecule has 0 saturated carbocycles. The molecule has 1 rings (SSSR count). The van der Waals surface area contributed by atoms with Gasteiger partial charge in [0, 0.05) is 7.05 Å². The summed E-state index contributed by atoms with van der Waals surface area (Å²) in [4.78, 5) is 11.5. The number of aromatic nitrogens is 2. The zero-order valence-electron chi connectivity index (χ0n) is 7.49. The van der Waals surface area contributed by atoms with Crippen LogP contribution in [-0.2, 0) is 7.05 Å². The second-order valence-corrected chi connectivity index (χ2v) is 3.16. The molecule has 0 radical (unpaired) electrons. The number of aliphatic hydroxyl groups is 1. The molecule has 13 heavy (non-hydrogen) atoms. The molecule has 1 atom stereocenters. The lowest BCUT2D eigenvalue weighted by Gasteiger charge is -2.06. The molecule has 0 saturated heterocycles. The van der Waals surface area contributed by atoms with Gasteiger partial charge in [-0.05, 0) is 6.42 Å². The summed E-state index contributed by atoms with van der Waals surface area (Å²) in [7, 11) is 1.61. The molecule has 1 aromatic heterocycles. The van der Waals surface area contributed by atoms with Crippen LogP contribution in [-0.4, -0.2) is 26.8 Å². The van der Waals surface area contributed by atoms with E-state index in [9.17, 15) is 9.90 Å². The van der Waals surface area contributed by atoms with Crippen LogP contribution in [0.2, 0.25) is 5.02 Å². The van der Waals surface area contributed by atoms with Crippen LogP contribution >= 0.6 is 11.6 Å². The Morgan fingerprint density at radius 2 is 2.46 bits per heavy atom. The summed E-state index contributed by atoms with van der Waals surface area (Å²) in [5.74, 6) is -0.382. The average molecular weight is 203 g/mol. The van der Waals surface area contributed by atoms with Crippen LogP contribution in [0.15, 0.2) is 6.20 Å². The molecule has 1 aromatic rings. The van der Waals surface area contributed by atoms with Gasteiger partial charge in [-0.3, -0.25) is 9.48 Å². The number of aliphatic hydroxyl groups excluding tert-OH is 1. The third kappa shape index (κ3) is 1.89. The number of hydrogen-bond acceptors (Lipinski definition) is 3. The minimum atomic E-state index is -0.993. The van der Waals surface area contributed by atoms with Crippen LogP contribution in [0.4, 0.5) is 0 Å². The van der Waals surface area contributed by atoms with Gasteiger partial charge in [-0.15, -0.1) is 0 Å². The SMILES string of the molecule is CCC(O)C(=O)c1c(Cl)cnn1C. The highest BCUT2D eigenvalue weighted by molar-refractivity contribution is 6.33. The number of hydrogen-bond donors (Lipinski definition) is 1. The molecular weight excluding hydrogens is 192 g/mol. The lowest BCUT2D eigenvalue weighted by molar-refractivity contribution is 0.0730. The maximum absolute atomic E-state index is 11.5. The highest BCUT2D eigenvalue weighted by Gasteiger charge is 2.21. The van der Waals surface area contributed by atoms with Crippen molar-refractivity contribution in [3.63, 3.8) is 0 Å². The zero-order valence-corrected chi connectivity index (χ0v) is 8.25. The lowest BCUT2D eigenvalue weighted by Crippen LogP contribution is -2.22. The van der Waals surface area contributed by atoms with Crippen LogP contribution in [0.5, 0.6) is 0 Å². The first-order chi connectivity index (χ1) is 6.07. The molecule has 0 aliphatic rings. The second-order valence-electron chi connectivity index (χ2n) is 2.75. The highest BCUT2D eigenvalue weighted by atomic mass is 35.5. The molecule has 0 amide bonds. The minimum absolute atomic E-state index is 0.260. The predicted molar refractivity (Wildman–Crippen MR) is 48.8 cm³/mol. The third-order valence-electron chi connectivity index (χ3n) is 1.82. The fraction of sp³-hybridized carbons (Fsp3) is 0.500. The topological polar surface area (TPSA) is 55.1 Å². The number of ketones is 1. The van der Waals surface area contributed by atoms with Gasteiger partial charge in [-0.1, -0.05) is 18.5 Å². The van der Waals surface area contributed by atoms with Crippen molar-refractivity contribution in [2.45, 2.75) is 19.4 Å². The average Bonchev–Trinajstić information content (AvgIpc) is 2.44. The molecule has 0 spiro atoms. The number of rotatable bonds is 3. The zero-order chi connectivity index (χ0) is 10.0. The minimum Gasteiger partial charge on any atom is -0.385 e. The number of nitrogens with zero attached hydrogens (tertiary/aromatic N) is 2. The summed E-state index contributed by atoms with van der Waals surface area (Å²) in [5, 5.41) is 13.4. The molecular formula is C8H11ClN2O2. The quantitative estimate of drug-likeness (QED) is 0.745. The summed E-state index contributed by atoms with van der Waals surface area (Å²) in [6.07, 6.45) is 0.769. The van der Waals surface area contributed by atoms with Crippen molar-refractivity contribution < 1.29 is 9.90 Å². The summed E-state index contributed by atoms with van der Waals surface area (Å²) in [5.41, 5.74) is 0.260. The van der Waals surface area contributed by atoms with Gasteiger partial charge in [0.1, 0.15) is 11.8 Å².